The number of nitro benzene ring substituents is 1. The molecule has 1 aromatic carbocycles. The van der Waals surface area contributed by atoms with Gasteiger partial charge in [-0.25, -0.2) is 13.2 Å². The molecule has 0 aliphatic rings. The molecule has 8 nitrogen and oxygen atoms in total. The topological polar surface area (TPSA) is 127 Å². The maximum absolute atomic E-state index is 10.9. The highest BCUT2D eigenvalue weighted by Crippen LogP contribution is 2.29. The molecule has 0 aliphatic carbocycles. The smallest absolute Gasteiger partial charge is 0.335 e. The Kier molecular flexibility index (Phi) is 5.23. The fraction of sp³-hybridized carbons (Fsp3) is 0. The minimum Gasteiger partial charge on any atom is -0.744 e. The molecule has 0 aromatic heterocycles. The molecule has 0 bridgehead atoms. The molecule has 0 heterocycles. The van der Waals surface area contributed by atoms with E-state index >= 15 is 0 Å². The first-order valence-corrected chi connectivity index (χ1v) is 5.75. The molecule has 0 radical (unpaired) electrons. The van der Waals surface area contributed by atoms with E-state index in [1.807, 2.05) is 0 Å². The van der Waals surface area contributed by atoms with Gasteiger partial charge < -0.3 is 9.29 Å². The molecule has 0 amide bonds. The summed E-state index contributed by atoms with van der Waals surface area (Å²) in [6, 6.07) is 2.18. The second-order valence-electron chi connectivity index (χ2n) is 2.97. The number of benzene rings is 1. The van der Waals surface area contributed by atoms with E-state index in [1.54, 1.807) is 0 Å². The first-order valence-electron chi connectivity index (χ1n) is 4.34. The number of hydrogen-bond acceptors (Lipinski definition) is 7. The van der Waals surface area contributed by atoms with Crippen LogP contribution in [0.15, 0.2) is 35.7 Å². The van der Waals surface area contributed by atoms with Crippen molar-refractivity contribution in [1.29, 1.82) is 0 Å². The van der Waals surface area contributed by atoms with Crippen molar-refractivity contribution in [2.75, 3.05) is 0 Å². The Hall–Kier alpha value is -2.39. The molecule has 0 saturated carbocycles. The first-order chi connectivity index (χ1) is 8.25. The molecule has 1 aromatic rings. The molecular formula is C10H9NO7S. The van der Waals surface area contributed by atoms with E-state index in [-0.39, 0.29) is 7.43 Å². The summed E-state index contributed by atoms with van der Waals surface area (Å²) in [6.07, 6.45) is 0.780. The molecule has 0 spiro atoms. The van der Waals surface area contributed by atoms with Crippen LogP contribution in [-0.4, -0.2) is 23.9 Å². The lowest BCUT2D eigenvalue weighted by atomic mass is 10.3. The van der Waals surface area contributed by atoms with E-state index in [0.717, 1.165) is 18.2 Å². The summed E-state index contributed by atoms with van der Waals surface area (Å²) in [7, 11) is -4.82. The van der Waals surface area contributed by atoms with Gasteiger partial charge in [-0.2, -0.15) is 0 Å². The molecule has 9 heteroatoms. The molecule has 102 valence electrons. The number of ether oxygens (including phenoxy) is 1. The van der Waals surface area contributed by atoms with Gasteiger partial charge in [-0.3, -0.25) is 10.1 Å². The Labute approximate surface area is 109 Å². The number of hydrogen-bond donors (Lipinski definition) is 0. The minimum atomic E-state index is -4.82. The van der Waals surface area contributed by atoms with Gasteiger partial charge in [0.2, 0.25) is 5.75 Å². The maximum Gasteiger partial charge on any atom is 0.335 e. The van der Waals surface area contributed by atoms with Gasteiger partial charge in [0.25, 0.3) is 0 Å². The highest BCUT2D eigenvalue weighted by Gasteiger charge is 2.19. The second-order valence-corrected chi connectivity index (χ2v) is 4.35. The molecule has 0 aliphatic heterocycles. The third kappa shape index (κ3) is 4.08. The Balaban J connectivity index is 0.00000324. The molecule has 0 fully saturated rings. The van der Waals surface area contributed by atoms with E-state index in [2.05, 4.69) is 11.3 Å². The molecule has 0 N–H and O–H groups in total. The average molecular weight is 287 g/mol. The summed E-state index contributed by atoms with van der Waals surface area (Å²) in [6.45, 7) is 3.10. The van der Waals surface area contributed by atoms with Crippen LogP contribution < -0.4 is 4.74 Å². The van der Waals surface area contributed by atoms with Gasteiger partial charge in [0.1, 0.15) is 10.1 Å². The predicted molar refractivity (Wildman–Crippen MR) is 63.3 cm³/mol. The van der Waals surface area contributed by atoms with Gasteiger partial charge in [0.05, 0.1) is 9.82 Å². The number of rotatable bonds is 4. The molecule has 0 atom stereocenters. The highest BCUT2D eigenvalue weighted by atomic mass is 32.2. The van der Waals surface area contributed by atoms with Crippen LogP contribution in [-0.2, 0) is 14.9 Å². The first kappa shape index (κ1) is 16.6. The van der Waals surface area contributed by atoms with Crippen LogP contribution in [0, 0.1) is 17.5 Å². The van der Waals surface area contributed by atoms with Crippen LogP contribution in [0.25, 0.3) is 0 Å². The summed E-state index contributed by atoms with van der Waals surface area (Å²) in [5.41, 5.74) is -0.804. The lowest BCUT2D eigenvalue weighted by Gasteiger charge is -2.08. The number of nitrogens with zero attached hydrogens (tertiary/aromatic N) is 1. The van der Waals surface area contributed by atoms with Crippen LogP contribution in [0.4, 0.5) is 5.69 Å². The van der Waals surface area contributed by atoms with Crippen LogP contribution >= 0.6 is 0 Å². The van der Waals surface area contributed by atoms with Gasteiger partial charge >= 0.3 is 11.7 Å². The SMILES string of the molecule is C=CC(=O)Oc1ccc(S(=O)(=O)[O-])cc1[N+](=O)[O-].[CH3+]. The van der Waals surface area contributed by atoms with Crippen molar-refractivity contribution >= 4 is 21.8 Å². The van der Waals surface area contributed by atoms with Gasteiger partial charge in [-0.15, -0.1) is 0 Å². The lowest BCUT2D eigenvalue weighted by Crippen LogP contribution is -2.07. The molecule has 0 unspecified atom stereocenters. The largest absolute Gasteiger partial charge is 0.744 e. The Morgan fingerprint density at radius 3 is 2.42 bits per heavy atom. The second kappa shape index (κ2) is 5.98. The summed E-state index contributed by atoms with van der Waals surface area (Å²) >= 11 is 0. The van der Waals surface area contributed by atoms with E-state index < -0.39 is 37.3 Å². The fourth-order valence-corrected chi connectivity index (χ4v) is 1.52. The third-order valence-corrected chi connectivity index (χ3v) is 2.62. The Bertz CT molecular complexity index is 621. The van der Waals surface area contributed by atoms with Crippen LogP contribution in [0.3, 0.4) is 0 Å². The fourth-order valence-electron chi connectivity index (χ4n) is 1.03. The highest BCUT2D eigenvalue weighted by molar-refractivity contribution is 7.85. The van der Waals surface area contributed by atoms with Crippen molar-refractivity contribution in [2.24, 2.45) is 0 Å². The summed E-state index contributed by atoms with van der Waals surface area (Å²) in [5, 5.41) is 10.7. The van der Waals surface area contributed by atoms with Crippen molar-refractivity contribution in [3.63, 3.8) is 0 Å². The third-order valence-electron chi connectivity index (χ3n) is 1.79. The predicted octanol–water partition coefficient (Wildman–Crippen LogP) is 1.04. The Morgan fingerprint density at radius 1 is 1.42 bits per heavy atom. The zero-order valence-electron chi connectivity index (χ0n) is 9.73. The van der Waals surface area contributed by atoms with E-state index in [1.165, 1.54) is 0 Å². The van der Waals surface area contributed by atoms with E-state index in [9.17, 15) is 27.9 Å². The van der Waals surface area contributed by atoms with Crippen molar-refractivity contribution in [2.45, 2.75) is 4.90 Å². The van der Waals surface area contributed by atoms with Crippen LogP contribution in [0.5, 0.6) is 5.75 Å². The normalized spacial score (nSPS) is 10.2. The van der Waals surface area contributed by atoms with E-state index in [0.29, 0.717) is 6.07 Å². The van der Waals surface area contributed by atoms with Gasteiger partial charge in [0, 0.05) is 19.6 Å². The van der Waals surface area contributed by atoms with Crippen molar-refractivity contribution < 1.29 is 27.4 Å². The lowest BCUT2D eigenvalue weighted by molar-refractivity contribution is -0.385. The quantitative estimate of drug-likeness (QED) is 0.154. The zero-order chi connectivity index (χ0) is 13.9. The summed E-state index contributed by atoms with van der Waals surface area (Å²) in [5.74, 6) is -1.42. The number of carbonyl (C=O) groups excluding carboxylic acids is 1. The van der Waals surface area contributed by atoms with Gasteiger partial charge in [-0.1, -0.05) is 6.58 Å². The molecule has 19 heavy (non-hydrogen) atoms. The molecule has 0 saturated heterocycles. The number of nitro groups is 1. The Morgan fingerprint density at radius 2 is 2.00 bits per heavy atom. The zero-order valence-corrected chi connectivity index (χ0v) is 10.5. The summed E-state index contributed by atoms with van der Waals surface area (Å²) < 4.78 is 36.6. The van der Waals surface area contributed by atoms with Crippen molar-refractivity contribution in [3.8, 4) is 5.75 Å². The van der Waals surface area contributed by atoms with E-state index in [4.69, 9.17) is 0 Å². The summed E-state index contributed by atoms with van der Waals surface area (Å²) in [4.78, 5) is 19.8. The maximum atomic E-state index is 10.9. The van der Waals surface area contributed by atoms with Gasteiger partial charge in [0.15, 0.2) is 0 Å². The average Bonchev–Trinajstić information content (AvgIpc) is 2.27. The van der Waals surface area contributed by atoms with Crippen molar-refractivity contribution in [1.82, 2.24) is 0 Å². The number of carbonyl (C=O) groups is 1. The van der Waals surface area contributed by atoms with Crippen LogP contribution in [0.2, 0.25) is 0 Å². The van der Waals surface area contributed by atoms with Crippen molar-refractivity contribution in [3.05, 3.63) is 48.4 Å². The molecule has 1 rings (SSSR count). The monoisotopic (exact) mass is 287 g/mol. The van der Waals surface area contributed by atoms with Gasteiger partial charge in [-0.05, 0) is 12.1 Å². The standard InChI is InChI=1S/C9H7NO7S.CH3/c1-2-9(11)17-8-4-3-6(18(14,15)16)5-7(8)10(12)13;/h2-5H,1H2,(H,14,15,16);1H3/q;+1/p-1. The molecular weight excluding hydrogens is 278 g/mol. The van der Waals surface area contributed by atoms with Crippen LogP contribution in [0.1, 0.15) is 0 Å². The minimum absolute atomic E-state index is 0. The number of esters is 1.